The van der Waals surface area contributed by atoms with Gasteiger partial charge in [-0.3, -0.25) is 0 Å². The van der Waals surface area contributed by atoms with Gasteiger partial charge in [-0.1, -0.05) is 60.7 Å². The zero-order valence-electron chi connectivity index (χ0n) is 11.6. The minimum Gasteiger partial charge on any atom is -0.191 e. The van der Waals surface area contributed by atoms with Crippen LogP contribution in [0.2, 0.25) is 0 Å². The van der Waals surface area contributed by atoms with Crippen LogP contribution in [0.3, 0.4) is 0 Å². The van der Waals surface area contributed by atoms with Crippen LogP contribution < -0.4 is 0 Å². The Bertz CT molecular complexity index is 796. The van der Waals surface area contributed by atoms with E-state index < -0.39 is 0 Å². The number of nitriles is 1. The number of rotatable bonds is 3. The van der Waals surface area contributed by atoms with E-state index in [1.54, 1.807) is 4.68 Å². The van der Waals surface area contributed by atoms with Crippen molar-refractivity contribution in [2.24, 2.45) is 0 Å². The highest BCUT2D eigenvalue weighted by atomic mass is 32.1. The van der Waals surface area contributed by atoms with Crippen LogP contribution in [0.5, 0.6) is 0 Å². The molecule has 3 aromatic rings. The Kier molecular flexibility index (Phi) is 3.46. The molecule has 0 spiro atoms. The summed E-state index contributed by atoms with van der Waals surface area (Å²) in [6, 6.07) is 11.7. The Balaban J connectivity index is 2.16. The molecular formula is C14H12N6S. The number of nitrogens with zero attached hydrogens (tertiary/aromatic N) is 6. The third-order valence-electron chi connectivity index (χ3n) is 2.93. The van der Waals surface area contributed by atoms with Crippen LogP contribution in [0.15, 0.2) is 30.3 Å². The van der Waals surface area contributed by atoms with E-state index in [9.17, 15) is 5.26 Å². The maximum atomic E-state index is 9.23. The Labute approximate surface area is 125 Å². The van der Waals surface area contributed by atoms with Crippen molar-refractivity contribution < 1.29 is 0 Å². The molecule has 0 saturated carbocycles. The molecule has 0 amide bonds. The molecule has 3 rings (SSSR count). The molecule has 0 bridgehead atoms. The summed E-state index contributed by atoms with van der Waals surface area (Å²) in [4.78, 5) is 0. The van der Waals surface area contributed by atoms with Gasteiger partial charge in [0.15, 0.2) is 5.69 Å². The molecule has 0 saturated heterocycles. The highest BCUT2D eigenvalue weighted by Crippen LogP contribution is 2.27. The SMILES string of the molecule is CC(C)c1nnc(-n2nnc(C#N)c2-c2ccccc2)s1. The second kappa shape index (κ2) is 5.42. The van der Waals surface area contributed by atoms with Gasteiger partial charge in [0.2, 0.25) is 5.13 Å². The average Bonchev–Trinajstić information content (AvgIpc) is 3.14. The Morgan fingerprint density at radius 1 is 1.14 bits per heavy atom. The fraction of sp³-hybridized carbons (Fsp3) is 0.214. The lowest BCUT2D eigenvalue weighted by atomic mass is 10.1. The Hall–Kier alpha value is -2.59. The van der Waals surface area contributed by atoms with E-state index in [2.05, 4.69) is 40.4 Å². The van der Waals surface area contributed by atoms with E-state index in [1.165, 1.54) is 11.3 Å². The molecule has 2 aromatic heterocycles. The molecule has 6 nitrogen and oxygen atoms in total. The largest absolute Gasteiger partial charge is 0.234 e. The van der Waals surface area contributed by atoms with E-state index >= 15 is 0 Å². The summed E-state index contributed by atoms with van der Waals surface area (Å²) in [7, 11) is 0. The lowest BCUT2D eigenvalue weighted by Crippen LogP contribution is -1.99. The normalized spacial score (nSPS) is 10.8. The molecule has 0 atom stereocenters. The summed E-state index contributed by atoms with van der Waals surface area (Å²) in [6.45, 7) is 4.12. The van der Waals surface area contributed by atoms with Gasteiger partial charge in [-0.25, -0.2) is 0 Å². The highest BCUT2D eigenvalue weighted by molar-refractivity contribution is 7.13. The highest BCUT2D eigenvalue weighted by Gasteiger charge is 2.19. The van der Waals surface area contributed by atoms with Gasteiger partial charge >= 0.3 is 0 Å². The third-order valence-corrected chi connectivity index (χ3v) is 4.13. The molecule has 2 heterocycles. The molecule has 0 unspecified atom stereocenters. The quantitative estimate of drug-likeness (QED) is 0.742. The first-order valence-electron chi connectivity index (χ1n) is 6.45. The predicted octanol–water partition coefficient (Wildman–Crippen LogP) is 2.78. The average molecular weight is 296 g/mol. The van der Waals surface area contributed by atoms with Crippen molar-refractivity contribution in [2.75, 3.05) is 0 Å². The second-order valence-electron chi connectivity index (χ2n) is 4.75. The van der Waals surface area contributed by atoms with Crippen molar-refractivity contribution in [3.05, 3.63) is 41.0 Å². The van der Waals surface area contributed by atoms with Crippen LogP contribution >= 0.6 is 11.3 Å². The molecule has 0 aliphatic heterocycles. The molecule has 0 aliphatic rings. The number of hydrogen-bond acceptors (Lipinski definition) is 6. The van der Waals surface area contributed by atoms with Crippen LogP contribution in [0, 0.1) is 11.3 Å². The molecule has 21 heavy (non-hydrogen) atoms. The smallest absolute Gasteiger partial charge is 0.191 e. The molecule has 0 aliphatic carbocycles. The maximum absolute atomic E-state index is 9.23. The fourth-order valence-corrected chi connectivity index (χ4v) is 2.69. The fourth-order valence-electron chi connectivity index (χ4n) is 1.89. The summed E-state index contributed by atoms with van der Waals surface area (Å²) in [5, 5.41) is 27.1. The molecule has 104 valence electrons. The third kappa shape index (κ3) is 2.41. The molecular weight excluding hydrogens is 284 g/mol. The van der Waals surface area contributed by atoms with Crippen molar-refractivity contribution in [2.45, 2.75) is 19.8 Å². The van der Waals surface area contributed by atoms with Gasteiger partial charge in [0.25, 0.3) is 0 Å². The van der Waals surface area contributed by atoms with E-state index in [4.69, 9.17) is 0 Å². The van der Waals surface area contributed by atoms with Gasteiger partial charge in [0.05, 0.1) is 0 Å². The maximum Gasteiger partial charge on any atom is 0.234 e. The summed E-state index contributed by atoms with van der Waals surface area (Å²) in [6.07, 6.45) is 0. The summed E-state index contributed by atoms with van der Waals surface area (Å²) < 4.78 is 1.58. The van der Waals surface area contributed by atoms with Crippen molar-refractivity contribution in [3.8, 4) is 22.5 Å². The van der Waals surface area contributed by atoms with Gasteiger partial charge < -0.3 is 0 Å². The Morgan fingerprint density at radius 3 is 2.52 bits per heavy atom. The number of benzene rings is 1. The standard InChI is InChI=1S/C14H12N6S/c1-9(2)13-17-18-14(21-13)20-12(11(8-15)16-19-20)10-6-4-3-5-7-10/h3-7,9H,1-2H3. The van der Waals surface area contributed by atoms with Crippen LogP contribution in [0.1, 0.15) is 30.5 Å². The van der Waals surface area contributed by atoms with Crippen molar-refractivity contribution in [1.82, 2.24) is 25.2 Å². The molecule has 1 aromatic carbocycles. The molecule has 7 heteroatoms. The van der Waals surface area contributed by atoms with E-state index in [0.717, 1.165) is 10.6 Å². The van der Waals surface area contributed by atoms with Crippen LogP contribution in [0.25, 0.3) is 16.4 Å². The number of hydrogen-bond donors (Lipinski definition) is 0. The summed E-state index contributed by atoms with van der Waals surface area (Å²) >= 11 is 1.46. The van der Waals surface area contributed by atoms with Crippen molar-refractivity contribution >= 4 is 11.3 Å². The predicted molar refractivity (Wildman–Crippen MR) is 79.1 cm³/mol. The molecule has 0 radical (unpaired) electrons. The van der Waals surface area contributed by atoms with E-state index in [0.29, 0.717) is 16.7 Å². The van der Waals surface area contributed by atoms with Crippen molar-refractivity contribution in [3.63, 3.8) is 0 Å². The topological polar surface area (TPSA) is 80.3 Å². The number of aromatic nitrogens is 5. The zero-order valence-corrected chi connectivity index (χ0v) is 12.4. The molecule has 0 fully saturated rings. The zero-order chi connectivity index (χ0) is 14.8. The van der Waals surface area contributed by atoms with E-state index in [-0.39, 0.29) is 5.69 Å². The van der Waals surface area contributed by atoms with E-state index in [1.807, 2.05) is 30.3 Å². The first-order chi connectivity index (χ1) is 10.2. The summed E-state index contributed by atoms with van der Waals surface area (Å²) in [5.74, 6) is 0.301. The first-order valence-corrected chi connectivity index (χ1v) is 7.27. The van der Waals surface area contributed by atoms with Gasteiger partial charge in [-0.15, -0.1) is 15.3 Å². The van der Waals surface area contributed by atoms with Gasteiger partial charge in [-0.2, -0.15) is 9.94 Å². The first kappa shape index (κ1) is 13.4. The minimum absolute atomic E-state index is 0.280. The summed E-state index contributed by atoms with van der Waals surface area (Å²) in [5.41, 5.74) is 1.80. The molecule has 0 N–H and O–H groups in total. The second-order valence-corrected chi connectivity index (χ2v) is 5.74. The monoisotopic (exact) mass is 296 g/mol. The van der Waals surface area contributed by atoms with Crippen LogP contribution in [0.4, 0.5) is 0 Å². The lowest BCUT2D eigenvalue weighted by molar-refractivity contribution is 0.776. The minimum atomic E-state index is 0.280. The van der Waals surface area contributed by atoms with Crippen LogP contribution in [-0.2, 0) is 0 Å². The Morgan fingerprint density at radius 2 is 1.90 bits per heavy atom. The lowest BCUT2D eigenvalue weighted by Gasteiger charge is -2.02. The van der Waals surface area contributed by atoms with Crippen molar-refractivity contribution in [1.29, 1.82) is 5.26 Å². The van der Waals surface area contributed by atoms with Crippen LogP contribution in [-0.4, -0.2) is 25.2 Å². The van der Waals surface area contributed by atoms with Gasteiger partial charge in [0, 0.05) is 11.5 Å². The van der Waals surface area contributed by atoms with Gasteiger partial charge in [0.1, 0.15) is 16.8 Å². The van der Waals surface area contributed by atoms with Gasteiger partial charge in [-0.05, 0) is 0 Å².